The van der Waals surface area contributed by atoms with Crippen molar-refractivity contribution in [1.82, 2.24) is 29.5 Å². The van der Waals surface area contributed by atoms with Crippen LogP contribution in [0.4, 0.5) is 24.8 Å². The van der Waals surface area contributed by atoms with Crippen molar-refractivity contribution in [2.75, 3.05) is 5.32 Å². The Balaban J connectivity index is 1.81. The monoisotopic (exact) mass is 465 g/mol. The third-order valence-electron chi connectivity index (χ3n) is 4.80. The molecule has 0 radical (unpaired) electrons. The van der Waals surface area contributed by atoms with E-state index in [2.05, 4.69) is 25.7 Å². The molecule has 1 fully saturated rings. The molecule has 0 aliphatic heterocycles. The molecule has 33 heavy (non-hydrogen) atoms. The van der Waals surface area contributed by atoms with Gasteiger partial charge in [0.25, 0.3) is 11.5 Å². The Labute approximate surface area is 185 Å². The van der Waals surface area contributed by atoms with Gasteiger partial charge in [-0.05, 0) is 18.3 Å². The molecule has 13 heteroatoms. The van der Waals surface area contributed by atoms with Crippen molar-refractivity contribution in [3.8, 4) is 5.88 Å². The number of anilines is 2. The molecular weight excluding hydrogens is 443 g/mol. The lowest BCUT2D eigenvalue weighted by atomic mass is 9.97. The summed E-state index contributed by atoms with van der Waals surface area (Å²) in [5.74, 6) is -1.61. The van der Waals surface area contributed by atoms with Crippen LogP contribution in [0.5, 0.6) is 5.88 Å². The first-order valence-corrected chi connectivity index (χ1v) is 10.2. The second kappa shape index (κ2) is 7.74. The molecule has 3 aromatic heterocycles. The fourth-order valence-electron chi connectivity index (χ4n) is 3.23. The maximum Gasteiger partial charge on any atom is 0.434 e. The summed E-state index contributed by atoms with van der Waals surface area (Å²) in [5.41, 5.74) is -2.57. The van der Waals surface area contributed by atoms with E-state index in [1.165, 1.54) is 10.6 Å². The first-order chi connectivity index (χ1) is 15.3. The zero-order chi connectivity index (χ0) is 24.1. The SMILES string of the molecule is CC(C)(C)Cn1c(=O)c(C(=O)NC2CC2)c(O)n2nc(Nc3cncc(C(F)(F)F)n3)cc12. The molecule has 0 spiro atoms. The second-order valence-electron chi connectivity index (χ2n) is 9.11. The minimum atomic E-state index is -4.68. The number of hydrogen-bond acceptors (Lipinski definition) is 7. The molecule has 1 amide bonds. The topological polar surface area (TPSA) is 126 Å². The standard InChI is InChI=1S/C20H22F3N7O3/c1-19(2,3)9-29-14-6-12(27-13-8-24-7-11(26-13)20(21,22)23)28-30(14)18(33)15(17(29)32)16(31)25-10-4-5-10/h6-8,10,33H,4-5,9H2,1-3H3,(H,25,31)(H,26,27,28). The number of carbonyl (C=O) groups excluding carboxylic acids is 1. The molecule has 0 saturated heterocycles. The molecule has 3 N–H and O–H groups in total. The highest BCUT2D eigenvalue weighted by molar-refractivity contribution is 5.96. The van der Waals surface area contributed by atoms with Crippen molar-refractivity contribution in [3.05, 3.63) is 40.1 Å². The Bertz CT molecular complexity index is 1290. The Hall–Kier alpha value is -3.64. The first-order valence-electron chi connectivity index (χ1n) is 10.2. The molecule has 3 heterocycles. The van der Waals surface area contributed by atoms with Gasteiger partial charge in [0.05, 0.1) is 12.4 Å². The number of rotatable bonds is 5. The second-order valence-corrected chi connectivity index (χ2v) is 9.11. The zero-order valence-electron chi connectivity index (χ0n) is 18.1. The van der Waals surface area contributed by atoms with E-state index in [0.717, 1.165) is 23.6 Å². The number of hydrogen-bond donors (Lipinski definition) is 3. The largest absolute Gasteiger partial charge is 0.492 e. The third-order valence-corrected chi connectivity index (χ3v) is 4.80. The number of alkyl halides is 3. The molecule has 3 aromatic rings. The van der Waals surface area contributed by atoms with E-state index in [1.807, 2.05) is 20.8 Å². The summed E-state index contributed by atoms with van der Waals surface area (Å²) in [6.45, 7) is 5.86. The molecule has 1 saturated carbocycles. The van der Waals surface area contributed by atoms with Crippen LogP contribution in [0.1, 0.15) is 49.7 Å². The summed E-state index contributed by atoms with van der Waals surface area (Å²) in [6.07, 6.45) is -1.43. The van der Waals surface area contributed by atoms with Gasteiger partial charge in [-0.1, -0.05) is 20.8 Å². The van der Waals surface area contributed by atoms with Crippen molar-refractivity contribution >= 4 is 23.2 Å². The summed E-state index contributed by atoms with van der Waals surface area (Å²) < 4.78 is 41.1. The van der Waals surface area contributed by atoms with Crippen molar-refractivity contribution in [3.63, 3.8) is 0 Å². The predicted octanol–water partition coefficient (Wildman–Crippen LogP) is 2.69. The lowest BCUT2D eigenvalue weighted by molar-refractivity contribution is -0.141. The van der Waals surface area contributed by atoms with Crippen LogP contribution in [0, 0.1) is 5.41 Å². The van der Waals surface area contributed by atoms with Gasteiger partial charge in [-0.25, -0.2) is 4.98 Å². The van der Waals surface area contributed by atoms with Crippen LogP contribution in [0.25, 0.3) is 5.65 Å². The van der Waals surface area contributed by atoms with E-state index >= 15 is 0 Å². The average Bonchev–Trinajstić information content (AvgIpc) is 3.40. The fourth-order valence-corrected chi connectivity index (χ4v) is 3.23. The number of nitrogens with zero attached hydrogens (tertiary/aromatic N) is 5. The summed E-state index contributed by atoms with van der Waals surface area (Å²) in [4.78, 5) is 32.8. The number of halogens is 3. The van der Waals surface area contributed by atoms with Crippen LogP contribution in [0.2, 0.25) is 0 Å². The molecule has 4 rings (SSSR count). The number of aromatic hydroxyl groups is 1. The Kier molecular flexibility index (Phi) is 5.29. The smallest absolute Gasteiger partial charge is 0.434 e. The van der Waals surface area contributed by atoms with Gasteiger partial charge in [-0.15, -0.1) is 5.10 Å². The molecule has 1 aliphatic rings. The van der Waals surface area contributed by atoms with Crippen molar-refractivity contribution < 1.29 is 23.1 Å². The van der Waals surface area contributed by atoms with E-state index in [0.29, 0.717) is 6.20 Å². The maximum atomic E-state index is 13.2. The molecule has 0 unspecified atom stereocenters. The predicted molar refractivity (Wildman–Crippen MR) is 111 cm³/mol. The lowest BCUT2D eigenvalue weighted by Gasteiger charge is -2.21. The Morgan fingerprint density at radius 2 is 1.91 bits per heavy atom. The number of aromatic nitrogens is 5. The van der Waals surface area contributed by atoms with Gasteiger partial charge in [0.2, 0.25) is 5.88 Å². The number of amides is 1. The molecular formula is C20H22F3N7O3. The zero-order valence-corrected chi connectivity index (χ0v) is 18.1. The fraction of sp³-hybridized carbons (Fsp3) is 0.450. The molecule has 1 aliphatic carbocycles. The summed E-state index contributed by atoms with van der Waals surface area (Å²) in [5, 5.41) is 20.1. The maximum absolute atomic E-state index is 13.2. The Morgan fingerprint density at radius 3 is 2.52 bits per heavy atom. The first kappa shape index (κ1) is 22.6. The normalized spacial score (nSPS) is 14.5. The molecule has 0 atom stereocenters. The Morgan fingerprint density at radius 1 is 1.21 bits per heavy atom. The van der Waals surface area contributed by atoms with Gasteiger partial charge in [-0.3, -0.25) is 19.1 Å². The highest BCUT2D eigenvalue weighted by atomic mass is 19.4. The van der Waals surface area contributed by atoms with Crippen LogP contribution in [0.15, 0.2) is 23.3 Å². The highest BCUT2D eigenvalue weighted by Crippen LogP contribution is 2.29. The number of fused-ring (bicyclic) bond motifs is 1. The lowest BCUT2D eigenvalue weighted by Crippen LogP contribution is -2.37. The minimum absolute atomic E-state index is 0.000680. The van der Waals surface area contributed by atoms with Gasteiger partial charge in [0.15, 0.2) is 22.9 Å². The van der Waals surface area contributed by atoms with Crippen molar-refractivity contribution in [1.29, 1.82) is 0 Å². The van der Waals surface area contributed by atoms with Gasteiger partial charge in [0.1, 0.15) is 5.65 Å². The van der Waals surface area contributed by atoms with E-state index in [9.17, 15) is 27.9 Å². The quantitative estimate of drug-likeness (QED) is 0.529. The summed E-state index contributed by atoms with van der Waals surface area (Å²) in [7, 11) is 0. The van der Waals surface area contributed by atoms with Crippen LogP contribution in [-0.4, -0.2) is 41.2 Å². The molecule has 10 nitrogen and oxygen atoms in total. The summed E-state index contributed by atoms with van der Waals surface area (Å²) >= 11 is 0. The van der Waals surface area contributed by atoms with Crippen molar-refractivity contribution in [2.45, 2.75) is 52.4 Å². The number of carbonyl (C=O) groups is 1. The van der Waals surface area contributed by atoms with Gasteiger partial charge in [0, 0.05) is 18.7 Å². The van der Waals surface area contributed by atoms with Gasteiger partial charge in [-0.2, -0.15) is 17.7 Å². The van der Waals surface area contributed by atoms with E-state index in [1.54, 1.807) is 0 Å². The summed E-state index contributed by atoms with van der Waals surface area (Å²) in [6, 6.07) is 1.33. The van der Waals surface area contributed by atoms with E-state index in [-0.39, 0.29) is 35.3 Å². The highest BCUT2D eigenvalue weighted by Gasteiger charge is 2.33. The van der Waals surface area contributed by atoms with Crippen LogP contribution in [-0.2, 0) is 12.7 Å². The average molecular weight is 465 g/mol. The van der Waals surface area contributed by atoms with Crippen LogP contribution in [0.3, 0.4) is 0 Å². The number of nitrogens with one attached hydrogen (secondary N) is 2. The minimum Gasteiger partial charge on any atom is -0.492 e. The molecule has 0 aromatic carbocycles. The third kappa shape index (κ3) is 4.76. The van der Waals surface area contributed by atoms with E-state index in [4.69, 9.17) is 0 Å². The van der Waals surface area contributed by atoms with Gasteiger partial charge < -0.3 is 15.7 Å². The van der Waals surface area contributed by atoms with Gasteiger partial charge >= 0.3 is 6.18 Å². The van der Waals surface area contributed by atoms with Crippen LogP contribution < -0.4 is 16.2 Å². The van der Waals surface area contributed by atoms with E-state index < -0.39 is 34.8 Å². The molecule has 0 bridgehead atoms. The van der Waals surface area contributed by atoms with Crippen molar-refractivity contribution in [2.24, 2.45) is 5.41 Å². The van der Waals surface area contributed by atoms with Crippen LogP contribution >= 0.6 is 0 Å². The molecule has 176 valence electrons.